The molecule has 90 valence electrons. The van der Waals surface area contributed by atoms with Gasteiger partial charge >= 0.3 is 0 Å². The standard InChI is InChI=1S/C14H15N.C2H6/c1-2-12-7-9-13(10-8-12)14-6-4-3-5-11-15-14;1-2/h4-11H,2-3H2,1H3;1-2H3. The van der Waals surface area contributed by atoms with Gasteiger partial charge in [0.05, 0.1) is 5.71 Å². The van der Waals surface area contributed by atoms with E-state index in [1.54, 1.807) is 0 Å². The van der Waals surface area contributed by atoms with E-state index >= 15 is 0 Å². The van der Waals surface area contributed by atoms with Crippen molar-refractivity contribution in [3.63, 3.8) is 0 Å². The number of hydrogen-bond donors (Lipinski definition) is 0. The Morgan fingerprint density at radius 1 is 1.06 bits per heavy atom. The van der Waals surface area contributed by atoms with Crippen molar-refractivity contribution in [3.8, 4) is 0 Å². The zero-order valence-corrected chi connectivity index (χ0v) is 11.0. The molecule has 0 saturated heterocycles. The van der Waals surface area contributed by atoms with E-state index in [-0.39, 0.29) is 0 Å². The van der Waals surface area contributed by atoms with Crippen LogP contribution in [0.4, 0.5) is 0 Å². The fourth-order valence-electron chi connectivity index (χ4n) is 1.58. The lowest BCUT2D eigenvalue weighted by molar-refractivity contribution is 1.14. The topological polar surface area (TPSA) is 12.4 Å². The van der Waals surface area contributed by atoms with Gasteiger partial charge in [-0.25, -0.2) is 0 Å². The molecule has 2 rings (SSSR count). The average Bonchev–Trinajstić information content (AvgIpc) is 2.70. The highest BCUT2D eigenvalue weighted by atomic mass is 14.7. The first-order chi connectivity index (χ1) is 8.40. The van der Waals surface area contributed by atoms with Crippen LogP contribution in [-0.2, 0) is 6.42 Å². The van der Waals surface area contributed by atoms with Gasteiger partial charge in [0.15, 0.2) is 0 Å². The van der Waals surface area contributed by atoms with Gasteiger partial charge in [-0.15, -0.1) is 0 Å². The van der Waals surface area contributed by atoms with Crippen LogP contribution >= 0.6 is 0 Å². The van der Waals surface area contributed by atoms with E-state index in [1.165, 1.54) is 11.1 Å². The lowest BCUT2D eigenvalue weighted by atomic mass is 10.1. The Morgan fingerprint density at radius 3 is 2.41 bits per heavy atom. The normalized spacial score (nSPS) is 13.5. The summed E-state index contributed by atoms with van der Waals surface area (Å²) in [6.45, 7) is 6.17. The van der Waals surface area contributed by atoms with Crippen molar-refractivity contribution in [2.24, 2.45) is 4.99 Å². The van der Waals surface area contributed by atoms with E-state index in [1.807, 2.05) is 20.0 Å². The van der Waals surface area contributed by atoms with Crippen molar-refractivity contribution in [1.82, 2.24) is 0 Å². The van der Waals surface area contributed by atoms with Crippen LogP contribution in [-0.4, -0.2) is 5.71 Å². The minimum atomic E-state index is 0.972. The molecule has 1 aromatic carbocycles. The van der Waals surface area contributed by atoms with Gasteiger partial charge in [-0.1, -0.05) is 57.2 Å². The maximum absolute atomic E-state index is 4.40. The van der Waals surface area contributed by atoms with Crippen LogP contribution in [0.25, 0.3) is 0 Å². The van der Waals surface area contributed by atoms with E-state index < -0.39 is 0 Å². The summed E-state index contributed by atoms with van der Waals surface area (Å²) < 4.78 is 0. The Bertz CT molecular complexity index is 408. The maximum Gasteiger partial charge on any atom is 0.0698 e. The Morgan fingerprint density at radius 2 is 1.76 bits per heavy atom. The van der Waals surface area contributed by atoms with Crippen molar-refractivity contribution in [2.75, 3.05) is 0 Å². The monoisotopic (exact) mass is 227 g/mol. The molecule has 0 N–H and O–H groups in total. The molecule has 1 nitrogen and oxygen atoms in total. The highest BCUT2D eigenvalue weighted by molar-refractivity contribution is 6.09. The first kappa shape index (κ1) is 13.4. The third-order valence-electron chi connectivity index (χ3n) is 2.52. The smallest absolute Gasteiger partial charge is 0.0698 e. The number of aryl methyl sites for hydroxylation is 1. The van der Waals surface area contributed by atoms with E-state index in [4.69, 9.17) is 0 Å². The fraction of sp³-hybridized carbons (Fsp3) is 0.312. The fourth-order valence-corrected chi connectivity index (χ4v) is 1.58. The summed E-state index contributed by atoms with van der Waals surface area (Å²) in [5.41, 5.74) is 3.61. The molecule has 1 heterocycles. The van der Waals surface area contributed by atoms with Gasteiger partial charge in [-0.3, -0.25) is 4.99 Å². The van der Waals surface area contributed by atoms with Crippen LogP contribution in [0.15, 0.2) is 53.7 Å². The van der Waals surface area contributed by atoms with Crippen molar-refractivity contribution < 1.29 is 0 Å². The second-order valence-electron chi connectivity index (χ2n) is 3.59. The summed E-state index contributed by atoms with van der Waals surface area (Å²) in [5, 5.41) is 0. The first-order valence-electron chi connectivity index (χ1n) is 6.39. The van der Waals surface area contributed by atoms with Gasteiger partial charge in [-0.05, 0) is 24.5 Å². The molecule has 1 aliphatic heterocycles. The molecule has 1 heteroatoms. The number of aliphatic imine (C=N–C) groups is 1. The van der Waals surface area contributed by atoms with E-state index in [0.717, 1.165) is 18.6 Å². The molecule has 0 amide bonds. The zero-order valence-electron chi connectivity index (χ0n) is 11.0. The molecule has 1 aliphatic rings. The average molecular weight is 227 g/mol. The zero-order chi connectivity index (χ0) is 12.5. The summed E-state index contributed by atoms with van der Waals surface area (Å²) in [6.07, 6.45) is 10.2. The van der Waals surface area contributed by atoms with Crippen molar-refractivity contribution in [3.05, 3.63) is 59.8 Å². The number of nitrogens with zero attached hydrogens (tertiary/aromatic N) is 1. The number of rotatable bonds is 2. The first-order valence-corrected chi connectivity index (χ1v) is 6.39. The molecule has 0 unspecified atom stereocenters. The minimum Gasteiger partial charge on any atom is -0.257 e. The summed E-state index contributed by atoms with van der Waals surface area (Å²) in [4.78, 5) is 4.40. The highest BCUT2D eigenvalue weighted by Crippen LogP contribution is 2.09. The van der Waals surface area contributed by atoms with Crippen LogP contribution < -0.4 is 0 Å². The Kier molecular flexibility index (Phi) is 6.02. The van der Waals surface area contributed by atoms with Crippen LogP contribution in [0.3, 0.4) is 0 Å². The Balaban J connectivity index is 0.000000686. The summed E-state index contributed by atoms with van der Waals surface area (Å²) in [7, 11) is 0. The van der Waals surface area contributed by atoms with E-state index in [2.05, 4.69) is 54.4 Å². The quantitative estimate of drug-likeness (QED) is 0.703. The predicted molar refractivity (Wildman–Crippen MR) is 76.6 cm³/mol. The van der Waals surface area contributed by atoms with Crippen LogP contribution in [0, 0.1) is 0 Å². The van der Waals surface area contributed by atoms with Gasteiger partial charge in [0.25, 0.3) is 0 Å². The molecule has 17 heavy (non-hydrogen) atoms. The van der Waals surface area contributed by atoms with Gasteiger partial charge in [0.1, 0.15) is 0 Å². The number of hydrogen-bond acceptors (Lipinski definition) is 1. The molecule has 0 fully saturated rings. The second-order valence-corrected chi connectivity index (χ2v) is 3.59. The SMILES string of the molecule is CC.CCc1ccc(C2=NC=CCC=C2)cc1. The van der Waals surface area contributed by atoms with Gasteiger partial charge in [0, 0.05) is 11.8 Å². The van der Waals surface area contributed by atoms with E-state index in [9.17, 15) is 0 Å². The largest absolute Gasteiger partial charge is 0.257 e. The second kappa shape index (κ2) is 7.61. The lowest BCUT2D eigenvalue weighted by Crippen LogP contribution is -1.95. The predicted octanol–water partition coefficient (Wildman–Crippen LogP) is 4.54. The molecule has 0 saturated carbocycles. The molecule has 0 spiro atoms. The van der Waals surface area contributed by atoms with Crippen LogP contribution in [0.2, 0.25) is 0 Å². The third kappa shape index (κ3) is 4.03. The van der Waals surface area contributed by atoms with E-state index in [0.29, 0.717) is 0 Å². The highest BCUT2D eigenvalue weighted by Gasteiger charge is 1.99. The Labute approximate surface area is 105 Å². The minimum absolute atomic E-state index is 0.972. The molecule has 0 atom stereocenters. The number of benzene rings is 1. The van der Waals surface area contributed by atoms with Crippen molar-refractivity contribution in [1.29, 1.82) is 0 Å². The number of allylic oxidation sites excluding steroid dienone is 3. The molecule has 0 aliphatic carbocycles. The molecular weight excluding hydrogens is 206 g/mol. The lowest BCUT2D eigenvalue weighted by Gasteiger charge is -2.01. The van der Waals surface area contributed by atoms with Gasteiger partial charge < -0.3 is 0 Å². The molecule has 1 aromatic rings. The summed E-state index contributed by atoms with van der Waals surface area (Å²) in [5.74, 6) is 0. The summed E-state index contributed by atoms with van der Waals surface area (Å²) in [6, 6.07) is 8.61. The summed E-state index contributed by atoms with van der Waals surface area (Å²) >= 11 is 0. The molecular formula is C16H21N. The maximum atomic E-state index is 4.40. The molecule has 0 aromatic heterocycles. The van der Waals surface area contributed by atoms with Crippen molar-refractivity contribution >= 4 is 5.71 Å². The van der Waals surface area contributed by atoms with Crippen LogP contribution in [0.1, 0.15) is 38.3 Å². The molecule has 0 radical (unpaired) electrons. The van der Waals surface area contributed by atoms with Crippen molar-refractivity contribution in [2.45, 2.75) is 33.6 Å². The van der Waals surface area contributed by atoms with Gasteiger partial charge in [0.2, 0.25) is 0 Å². The Hall–Kier alpha value is -1.63. The van der Waals surface area contributed by atoms with Crippen LogP contribution in [0.5, 0.6) is 0 Å². The molecule has 0 bridgehead atoms. The third-order valence-corrected chi connectivity index (χ3v) is 2.52. The van der Waals surface area contributed by atoms with Gasteiger partial charge in [-0.2, -0.15) is 0 Å².